The lowest BCUT2D eigenvalue weighted by atomic mass is 10.2. The molecule has 3 nitrogen and oxygen atoms in total. The van der Waals surface area contributed by atoms with Gasteiger partial charge in [0.1, 0.15) is 11.9 Å². The van der Waals surface area contributed by atoms with E-state index < -0.39 is 10.0 Å². The molecule has 0 aliphatic heterocycles. The summed E-state index contributed by atoms with van der Waals surface area (Å²) in [6.07, 6.45) is 7.29. The maximum atomic E-state index is 5.90. The van der Waals surface area contributed by atoms with Crippen LogP contribution in [0.4, 0.5) is 5.82 Å². The van der Waals surface area contributed by atoms with Crippen LogP contribution in [-0.4, -0.2) is 41.7 Å². The number of aromatic nitrogens is 1. The lowest BCUT2D eigenvalue weighted by Gasteiger charge is -2.31. The van der Waals surface area contributed by atoms with Gasteiger partial charge in [-0.05, 0) is 30.8 Å². The molecule has 104 valence electrons. The molecular formula is C12H20BrClN2OS. The summed E-state index contributed by atoms with van der Waals surface area (Å²) >= 11 is 9.03. The summed E-state index contributed by atoms with van der Waals surface area (Å²) in [5.74, 6) is 2.81. The van der Waals surface area contributed by atoms with Crippen LogP contribution in [0.2, 0.25) is 0 Å². The number of halogens is 2. The van der Waals surface area contributed by atoms with Crippen molar-refractivity contribution < 1.29 is 4.74 Å². The second-order valence-corrected chi connectivity index (χ2v) is 10.0. The topological polar surface area (TPSA) is 48.1 Å². The van der Waals surface area contributed by atoms with E-state index in [-0.39, 0.29) is 6.07 Å². The average Bonchev–Trinajstić information content (AvgIpc) is 2.28. The van der Waals surface area contributed by atoms with Crippen LogP contribution in [0.3, 0.4) is 0 Å². The number of nitrogens with two attached hydrogens (primary N) is 1. The fourth-order valence-electron chi connectivity index (χ4n) is 1.55. The highest BCUT2D eigenvalue weighted by molar-refractivity contribution is 9.10. The normalized spacial score (nSPS) is 12.7. The van der Waals surface area contributed by atoms with Crippen LogP contribution in [0, 0.1) is 0 Å². The van der Waals surface area contributed by atoms with E-state index in [0.717, 1.165) is 34.6 Å². The van der Waals surface area contributed by atoms with Gasteiger partial charge in [0.05, 0.1) is 6.61 Å². The van der Waals surface area contributed by atoms with Gasteiger partial charge in [0.2, 0.25) is 0 Å². The van der Waals surface area contributed by atoms with Gasteiger partial charge in [-0.15, -0.1) is 0 Å². The largest absolute Gasteiger partial charge is 0.383 e. The third-order valence-electron chi connectivity index (χ3n) is 2.79. The summed E-state index contributed by atoms with van der Waals surface area (Å²) < 4.78 is 6.25. The van der Waals surface area contributed by atoms with Gasteiger partial charge in [0.25, 0.3) is 0 Å². The van der Waals surface area contributed by atoms with Gasteiger partial charge in [0, 0.05) is 22.0 Å². The second kappa shape index (κ2) is 7.58. The van der Waals surface area contributed by atoms with E-state index in [0.29, 0.717) is 5.82 Å². The van der Waals surface area contributed by atoms with E-state index in [4.69, 9.17) is 22.1 Å². The molecule has 0 bridgehead atoms. The highest BCUT2D eigenvalue weighted by atomic mass is 79.9. The molecule has 6 heteroatoms. The molecule has 1 aromatic heterocycles. The van der Waals surface area contributed by atoms with Crippen LogP contribution in [0.5, 0.6) is 0 Å². The van der Waals surface area contributed by atoms with Gasteiger partial charge >= 0.3 is 0 Å². The number of hydrogen-bond acceptors (Lipinski definition) is 3. The zero-order valence-corrected chi connectivity index (χ0v) is 13.9. The van der Waals surface area contributed by atoms with Gasteiger partial charge in [-0.1, -0.05) is 27.5 Å². The van der Waals surface area contributed by atoms with Crippen LogP contribution >= 0.6 is 37.6 Å². The van der Waals surface area contributed by atoms with Gasteiger partial charge in [-0.25, -0.2) is 15.0 Å². The maximum absolute atomic E-state index is 5.90. The molecule has 0 aliphatic carbocycles. The van der Waals surface area contributed by atoms with Crippen molar-refractivity contribution in [1.29, 1.82) is 0 Å². The molecule has 0 atom stereocenters. The molecular weight excluding hydrogens is 336 g/mol. The molecule has 0 fully saturated rings. The van der Waals surface area contributed by atoms with Gasteiger partial charge < -0.3 is 10.5 Å². The summed E-state index contributed by atoms with van der Waals surface area (Å²) in [4.78, 5) is 4.13. The zero-order chi connectivity index (χ0) is 13.6. The van der Waals surface area contributed by atoms with Gasteiger partial charge in [0.15, 0.2) is 0 Å². The Morgan fingerprint density at radius 2 is 2.17 bits per heavy atom. The minimum absolute atomic E-state index is 0.274. The number of alkyl halides is 1. The number of pyridine rings is 1. The van der Waals surface area contributed by atoms with Crippen LogP contribution in [0.1, 0.15) is 5.56 Å². The highest BCUT2D eigenvalue weighted by Gasteiger charge is 2.14. The fraction of sp³-hybridized carbons (Fsp3) is 0.583. The van der Waals surface area contributed by atoms with E-state index in [1.807, 2.05) is 6.07 Å². The number of nitrogens with zero attached hydrogens (tertiary/aromatic N) is 1. The monoisotopic (exact) mass is 354 g/mol. The molecule has 0 radical (unpaired) electrons. The number of rotatable bonds is 7. The molecule has 1 rings (SSSR count). The summed E-state index contributed by atoms with van der Waals surface area (Å²) in [5.41, 5.74) is 7.01. The first-order chi connectivity index (χ1) is 8.46. The third kappa shape index (κ3) is 5.34. The minimum Gasteiger partial charge on any atom is -0.383 e. The Kier molecular flexibility index (Phi) is 6.77. The van der Waals surface area contributed by atoms with E-state index in [9.17, 15) is 0 Å². The third-order valence-corrected chi connectivity index (χ3v) is 6.27. The molecule has 0 spiro atoms. The second-order valence-electron chi connectivity index (χ2n) is 4.60. The quantitative estimate of drug-likeness (QED) is 0.603. The summed E-state index contributed by atoms with van der Waals surface area (Å²) in [7, 11) is -0.673. The lowest BCUT2D eigenvalue weighted by Crippen LogP contribution is -2.13. The number of anilines is 1. The van der Waals surface area contributed by atoms with E-state index in [1.165, 1.54) is 0 Å². The first-order valence-electron chi connectivity index (χ1n) is 5.67. The SMILES string of the molecule is CS(C)(CCOCCl)CCc1c(Br)ccnc1N. The summed E-state index contributed by atoms with van der Waals surface area (Å²) in [6.45, 7) is 0.732. The molecule has 0 saturated carbocycles. The van der Waals surface area contributed by atoms with E-state index in [2.05, 4.69) is 33.4 Å². The van der Waals surface area contributed by atoms with Crippen molar-refractivity contribution in [3.05, 3.63) is 22.3 Å². The van der Waals surface area contributed by atoms with Crippen molar-refractivity contribution in [3.63, 3.8) is 0 Å². The Hall–Kier alpha value is 0.0300. The molecule has 1 heterocycles. The first kappa shape index (κ1) is 16.1. The molecule has 0 amide bonds. The fourth-order valence-corrected chi connectivity index (χ4v) is 3.71. The van der Waals surface area contributed by atoms with Crippen molar-refractivity contribution in [2.24, 2.45) is 0 Å². The molecule has 0 saturated heterocycles. The molecule has 18 heavy (non-hydrogen) atoms. The highest BCUT2D eigenvalue weighted by Crippen LogP contribution is 2.40. The Balaban J connectivity index is 2.53. The van der Waals surface area contributed by atoms with Crippen molar-refractivity contribution in [2.45, 2.75) is 6.42 Å². The number of nitrogen functional groups attached to an aromatic ring is 1. The van der Waals surface area contributed by atoms with Crippen molar-refractivity contribution in [3.8, 4) is 0 Å². The Bertz CT molecular complexity index is 370. The van der Waals surface area contributed by atoms with E-state index in [1.54, 1.807) is 6.20 Å². The predicted octanol–water partition coefficient (Wildman–Crippen LogP) is 3.25. The Morgan fingerprint density at radius 1 is 1.44 bits per heavy atom. The predicted molar refractivity (Wildman–Crippen MR) is 85.9 cm³/mol. The summed E-state index contributed by atoms with van der Waals surface area (Å²) in [5, 5.41) is 0. The van der Waals surface area contributed by atoms with Crippen molar-refractivity contribution in [1.82, 2.24) is 4.98 Å². The molecule has 0 aromatic carbocycles. The van der Waals surface area contributed by atoms with E-state index >= 15 is 0 Å². The smallest absolute Gasteiger partial charge is 0.127 e. The van der Waals surface area contributed by atoms with Crippen LogP contribution < -0.4 is 5.73 Å². The number of hydrogen-bond donors (Lipinski definition) is 1. The zero-order valence-electron chi connectivity index (χ0n) is 10.8. The maximum Gasteiger partial charge on any atom is 0.127 e. The molecule has 0 unspecified atom stereocenters. The average molecular weight is 356 g/mol. The van der Waals surface area contributed by atoms with Crippen LogP contribution in [0.15, 0.2) is 16.7 Å². The lowest BCUT2D eigenvalue weighted by molar-refractivity contribution is 0.197. The molecule has 2 N–H and O–H groups in total. The van der Waals surface area contributed by atoms with Crippen molar-refractivity contribution >= 4 is 43.4 Å². The summed E-state index contributed by atoms with van der Waals surface area (Å²) in [6, 6.07) is 2.21. The minimum atomic E-state index is -0.673. The van der Waals surface area contributed by atoms with Crippen molar-refractivity contribution in [2.75, 3.05) is 42.4 Å². The number of ether oxygens (including phenoxy) is 1. The van der Waals surface area contributed by atoms with Gasteiger partial charge in [-0.3, -0.25) is 0 Å². The van der Waals surface area contributed by atoms with Crippen LogP contribution in [-0.2, 0) is 11.2 Å². The Labute approximate surface area is 124 Å². The molecule has 1 aromatic rings. The first-order valence-corrected chi connectivity index (χ1v) is 9.79. The van der Waals surface area contributed by atoms with Crippen LogP contribution in [0.25, 0.3) is 0 Å². The standard InChI is InChI=1S/C12H20BrClN2OS/c1-18(2,8-6-17-9-14)7-4-10-11(13)3-5-16-12(10)15/h3,5H,4,6-9H2,1-2H3,(H2,15,16). The van der Waals surface area contributed by atoms with Gasteiger partial charge in [-0.2, -0.15) is 0 Å². The molecule has 0 aliphatic rings. The Morgan fingerprint density at radius 3 is 2.78 bits per heavy atom.